The molecule has 0 aliphatic carbocycles. The van der Waals surface area contributed by atoms with Crippen LogP contribution in [0.3, 0.4) is 0 Å². The van der Waals surface area contributed by atoms with Crippen LogP contribution in [0.2, 0.25) is 0 Å². The maximum atomic E-state index is 12.4. The van der Waals surface area contributed by atoms with Crippen LogP contribution in [0.4, 0.5) is 5.69 Å². The Hall–Kier alpha value is -3.39. The van der Waals surface area contributed by atoms with Crippen molar-refractivity contribution in [2.45, 2.75) is 32.1 Å². The molecular weight excluding hydrogens is 410 g/mol. The summed E-state index contributed by atoms with van der Waals surface area (Å²) in [4.78, 5) is 24.6. The Labute approximate surface area is 186 Å². The van der Waals surface area contributed by atoms with Crippen molar-refractivity contribution in [1.82, 2.24) is 20.1 Å². The first-order valence-electron chi connectivity index (χ1n) is 9.84. The molecule has 0 fully saturated rings. The summed E-state index contributed by atoms with van der Waals surface area (Å²) in [6.45, 7) is 8.52. The number of nitrogens with one attached hydrogen (secondary N) is 2. The summed E-state index contributed by atoms with van der Waals surface area (Å²) in [6, 6.07) is 14.8. The molecule has 31 heavy (non-hydrogen) atoms. The van der Waals surface area contributed by atoms with Crippen LogP contribution in [0, 0.1) is 13.8 Å². The molecule has 0 radical (unpaired) electrons. The lowest BCUT2D eigenvalue weighted by Gasteiger charge is -2.10. The molecule has 0 saturated heterocycles. The van der Waals surface area contributed by atoms with E-state index in [9.17, 15) is 9.59 Å². The van der Waals surface area contributed by atoms with E-state index in [-0.39, 0.29) is 24.1 Å². The van der Waals surface area contributed by atoms with E-state index >= 15 is 0 Å². The molecule has 0 atom stereocenters. The molecule has 0 bridgehead atoms. The Kier molecular flexibility index (Phi) is 7.61. The predicted molar refractivity (Wildman–Crippen MR) is 123 cm³/mol. The van der Waals surface area contributed by atoms with Crippen molar-refractivity contribution in [3.05, 3.63) is 83.7 Å². The molecule has 7 nitrogen and oxygen atoms in total. The minimum atomic E-state index is -0.185. The lowest BCUT2D eigenvalue weighted by atomic mass is 10.1. The number of rotatable bonds is 9. The van der Waals surface area contributed by atoms with E-state index in [1.54, 1.807) is 18.2 Å². The van der Waals surface area contributed by atoms with Crippen LogP contribution in [-0.4, -0.2) is 32.3 Å². The molecule has 160 valence electrons. The standard InChI is InChI=1S/C23H25N5O2S/c1-4-12-28-20(14-24-22(30)18-8-6-5-7-9-18)26-27-23(28)31-15-21(29)25-19-11-10-16(2)17(3)13-19/h4-11,13H,1,12,14-15H2,2-3H3,(H,24,30)(H,25,29). The van der Waals surface area contributed by atoms with Crippen LogP contribution in [-0.2, 0) is 17.9 Å². The monoisotopic (exact) mass is 435 g/mol. The number of nitrogens with zero attached hydrogens (tertiary/aromatic N) is 3. The number of hydrogen-bond acceptors (Lipinski definition) is 5. The molecule has 1 aromatic heterocycles. The van der Waals surface area contributed by atoms with Crippen LogP contribution in [0.15, 0.2) is 66.3 Å². The fourth-order valence-electron chi connectivity index (χ4n) is 2.87. The number of allylic oxidation sites excluding steroid dienone is 1. The highest BCUT2D eigenvalue weighted by Crippen LogP contribution is 2.19. The van der Waals surface area contributed by atoms with Crippen molar-refractivity contribution in [3.8, 4) is 0 Å². The highest BCUT2D eigenvalue weighted by atomic mass is 32.2. The van der Waals surface area contributed by atoms with E-state index in [1.165, 1.54) is 17.3 Å². The molecule has 3 aromatic rings. The van der Waals surface area contributed by atoms with Crippen molar-refractivity contribution in [3.63, 3.8) is 0 Å². The van der Waals surface area contributed by atoms with E-state index < -0.39 is 0 Å². The second-order valence-electron chi connectivity index (χ2n) is 6.98. The Morgan fingerprint density at radius 3 is 2.58 bits per heavy atom. The maximum absolute atomic E-state index is 12.4. The summed E-state index contributed by atoms with van der Waals surface area (Å²) in [5.74, 6) is 0.482. The first-order valence-corrected chi connectivity index (χ1v) is 10.8. The number of anilines is 1. The second kappa shape index (κ2) is 10.6. The van der Waals surface area contributed by atoms with Gasteiger partial charge in [0, 0.05) is 17.8 Å². The van der Waals surface area contributed by atoms with E-state index in [1.807, 2.05) is 54.8 Å². The summed E-state index contributed by atoms with van der Waals surface area (Å²) in [5, 5.41) is 14.7. The van der Waals surface area contributed by atoms with Gasteiger partial charge in [0.2, 0.25) is 5.91 Å². The summed E-state index contributed by atoms with van der Waals surface area (Å²) < 4.78 is 1.84. The van der Waals surface area contributed by atoms with Gasteiger partial charge < -0.3 is 15.2 Å². The molecule has 8 heteroatoms. The summed E-state index contributed by atoms with van der Waals surface area (Å²) in [6.07, 6.45) is 1.73. The lowest BCUT2D eigenvalue weighted by Crippen LogP contribution is -2.24. The van der Waals surface area contributed by atoms with Crippen molar-refractivity contribution in [2.24, 2.45) is 0 Å². The molecule has 3 rings (SSSR count). The molecule has 0 saturated carbocycles. The normalized spacial score (nSPS) is 10.5. The third-order valence-electron chi connectivity index (χ3n) is 4.67. The van der Waals surface area contributed by atoms with E-state index in [0.717, 1.165) is 11.3 Å². The first-order chi connectivity index (χ1) is 15.0. The summed E-state index contributed by atoms with van der Waals surface area (Å²) >= 11 is 1.29. The Bertz CT molecular complexity index is 1080. The van der Waals surface area contributed by atoms with E-state index in [0.29, 0.717) is 23.1 Å². The topological polar surface area (TPSA) is 88.9 Å². The molecular formula is C23H25N5O2S. The van der Waals surface area contributed by atoms with Crippen LogP contribution in [0.5, 0.6) is 0 Å². The van der Waals surface area contributed by atoms with Crippen molar-refractivity contribution < 1.29 is 9.59 Å². The van der Waals surface area contributed by atoms with Gasteiger partial charge in [-0.15, -0.1) is 16.8 Å². The quantitative estimate of drug-likeness (QED) is 0.395. The zero-order valence-electron chi connectivity index (χ0n) is 17.6. The molecule has 1 heterocycles. The van der Waals surface area contributed by atoms with Crippen LogP contribution in [0.1, 0.15) is 27.3 Å². The number of aromatic nitrogens is 3. The predicted octanol–water partition coefficient (Wildman–Crippen LogP) is 3.74. The highest BCUT2D eigenvalue weighted by molar-refractivity contribution is 7.99. The van der Waals surface area contributed by atoms with Crippen LogP contribution in [0.25, 0.3) is 0 Å². The highest BCUT2D eigenvalue weighted by Gasteiger charge is 2.15. The Morgan fingerprint density at radius 2 is 1.87 bits per heavy atom. The zero-order valence-corrected chi connectivity index (χ0v) is 18.4. The second-order valence-corrected chi connectivity index (χ2v) is 7.93. The Balaban J connectivity index is 1.60. The average molecular weight is 436 g/mol. The fourth-order valence-corrected chi connectivity index (χ4v) is 3.63. The minimum Gasteiger partial charge on any atom is -0.345 e. The number of benzene rings is 2. The van der Waals surface area contributed by atoms with E-state index in [4.69, 9.17) is 0 Å². The lowest BCUT2D eigenvalue weighted by molar-refractivity contribution is -0.113. The molecule has 0 aliphatic rings. The van der Waals surface area contributed by atoms with Crippen molar-refractivity contribution >= 4 is 29.3 Å². The zero-order chi connectivity index (χ0) is 22.2. The Morgan fingerprint density at radius 1 is 1.10 bits per heavy atom. The number of amides is 2. The SMILES string of the molecule is C=CCn1c(CNC(=O)c2ccccc2)nnc1SCC(=O)Nc1ccc(C)c(C)c1. The third-order valence-corrected chi connectivity index (χ3v) is 5.64. The largest absolute Gasteiger partial charge is 0.345 e. The van der Waals surface area contributed by atoms with E-state index in [2.05, 4.69) is 27.4 Å². The third kappa shape index (κ3) is 6.05. The van der Waals surface area contributed by atoms with Gasteiger partial charge in [-0.2, -0.15) is 0 Å². The molecule has 2 N–H and O–H groups in total. The van der Waals surface area contributed by atoms with Crippen LogP contribution < -0.4 is 10.6 Å². The van der Waals surface area contributed by atoms with Gasteiger partial charge in [-0.1, -0.05) is 42.1 Å². The van der Waals surface area contributed by atoms with Gasteiger partial charge in [-0.25, -0.2) is 0 Å². The molecule has 0 unspecified atom stereocenters. The molecule has 2 amide bonds. The molecule has 2 aromatic carbocycles. The number of hydrogen-bond donors (Lipinski definition) is 2. The van der Waals surface area contributed by atoms with Crippen LogP contribution >= 0.6 is 11.8 Å². The van der Waals surface area contributed by atoms with Gasteiger partial charge >= 0.3 is 0 Å². The van der Waals surface area contributed by atoms with Gasteiger partial charge in [0.15, 0.2) is 11.0 Å². The average Bonchev–Trinajstić information content (AvgIpc) is 3.15. The van der Waals surface area contributed by atoms with Gasteiger partial charge in [0.1, 0.15) is 0 Å². The van der Waals surface area contributed by atoms with Gasteiger partial charge in [0.05, 0.1) is 12.3 Å². The summed E-state index contributed by atoms with van der Waals surface area (Å²) in [5.41, 5.74) is 3.65. The van der Waals surface area contributed by atoms with Crippen molar-refractivity contribution in [1.29, 1.82) is 0 Å². The number of thioether (sulfide) groups is 1. The van der Waals surface area contributed by atoms with Gasteiger partial charge in [-0.05, 0) is 49.2 Å². The maximum Gasteiger partial charge on any atom is 0.251 e. The number of carbonyl (C=O) groups excluding carboxylic acids is 2. The van der Waals surface area contributed by atoms with Gasteiger partial charge in [0.25, 0.3) is 5.91 Å². The summed E-state index contributed by atoms with van der Waals surface area (Å²) in [7, 11) is 0. The molecule has 0 aliphatic heterocycles. The number of carbonyl (C=O) groups is 2. The minimum absolute atomic E-state index is 0.125. The fraction of sp³-hybridized carbons (Fsp3) is 0.217. The molecule has 0 spiro atoms. The van der Waals surface area contributed by atoms with Gasteiger partial charge in [-0.3, -0.25) is 9.59 Å². The first kappa shape index (κ1) is 22.3. The van der Waals surface area contributed by atoms with Crippen molar-refractivity contribution in [2.75, 3.05) is 11.1 Å². The smallest absolute Gasteiger partial charge is 0.251 e. The number of aryl methyl sites for hydroxylation is 2.